The lowest BCUT2D eigenvalue weighted by molar-refractivity contribution is -0.135. The van der Waals surface area contributed by atoms with Crippen LogP contribution in [0.5, 0.6) is 0 Å². The van der Waals surface area contributed by atoms with Gasteiger partial charge in [-0.15, -0.1) is 0 Å². The summed E-state index contributed by atoms with van der Waals surface area (Å²) in [7, 11) is 1.67. The SMILES string of the molecule is CNC(=O)C1CCN(C(=O)CCc2ccc(C)cc2)CC1. The second-order valence-corrected chi connectivity index (χ2v) is 5.75. The summed E-state index contributed by atoms with van der Waals surface area (Å²) >= 11 is 0. The van der Waals surface area contributed by atoms with Crippen LogP contribution < -0.4 is 5.32 Å². The van der Waals surface area contributed by atoms with Gasteiger partial charge < -0.3 is 10.2 Å². The first-order valence-corrected chi connectivity index (χ1v) is 7.65. The van der Waals surface area contributed by atoms with Gasteiger partial charge in [-0.05, 0) is 31.7 Å². The molecule has 0 saturated carbocycles. The first kappa shape index (κ1) is 15.5. The molecule has 1 fully saturated rings. The summed E-state index contributed by atoms with van der Waals surface area (Å²) in [6.45, 7) is 3.46. The zero-order valence-electron chi connectivity index (χ0n) is 12.9. The molecular weight excluding hydrogens is 264 g/mol. The predicted octanol–water partition coefficient (Wildman–Crippen LogP) is 1.91. The van der Waals surface area contributed by atoms with Crippen LogP contribution in [0.4, 0.5) is 0 Å². The number of carbonyl (C=O) groups excluding carboxylic acids is 2. The normalized spacial score (nSPS) is 15.8. The summed E-state index contributed by atoms with van der Waals surface area (Å²) in [6.07, 6.45) is 2.88. The molecule has 0 radical (unpaired) electrons. The highest BCUT2D eigenvalue weighted by molar-refractivity contribution is 5.80. The number of carbonyl (C=O) groups is 2. The van der Waals surface area contributed by atoms with E-state index in [2.05, 4.69) is 36.5 Å². The van der Waals surface area contributed by atoms with Gasteiger partial charge in [0.2, 0.25) is 11.8 Å². The van der Waals surface area contributed by atoms with E-state index in [0.717, 1.165) is 19.3 Å². The fourth-order valence-corrected chi connectivity index (χ4v) is 2.76. The molecule has 4 heteroatoms. The molecule has 4 nitrogen and oxygen atoms in total. The molecule has 1 heterocycles. The molecular formula is C17H24N2O2. The molecule has 0 aliphatic carbocycles. The summed E-state index contributed by atoms with van der Waals surface area (Å²) in [5.74, 6) is 0.365. The van der Waals surface area contributed by atoms with E-state index >= 15 is 0 Å². The van der Waals surface area contributed by atoms with Crippen molar-refractivity contribution < 1.29 is 9.59 Å². The molecule has 1 aliphatic heterocycles. The van der Waals surface area contributed by atoms with Crippen LogP contribution in [-0.2, 0) is 16.0 Å². The van der Waals surface area contributed by atoms with Gasteiger partial charge in [0.05, 0.1) is 0 Å². The van der Waals surface area contributed by atoms with Gasteiger partial charge in [-0.3, -0.25) is 9.59 Å². The first-order valence-electron chi connectivity index (χ1n) is 7.65. The largest absolute Gasteiger partial charge is 0.359 e. The van der Waals surface area contributed by atoms with E-state index in [1.54, 1.807) is 7.05 Å². The van der Waals surface area contributed by atoms with Crippen LogP contribution in [0.25, 0.3) is 0 Å². The smallest absolute Gasteiger partial charge is 0.222 e. The van der Waals surface area contributed by atoms with Gasteiger partial charge >= 0.3 is 0 Å². The molecule has 1 aromatic rings. The minimum absolute atomic E-state index is 0.0659. The van der Waals surface area contributed by atoms with Crippen LogP contribution in [0.1, 0.15) is 30.4 Å². The molecule has 0 atom stereocenters. The quantitative estimate of drug-likeness (QED) is 0.920. The van der Waals surface area contributed by atoms with Crippen molar-refractivity contribution in [3.63, 3.8) is 0 Å². The first-order chi connectivity index (χ1) is 10.1. The molecule has 0 spiro atoms. The molecule has 0 aromatic heterocycles. The molecule has 2 rings (SSSR count). The Hall–Kier alpha value is -1.84. The van der Waals surface area contributed by atoms with E-state index in [0.29, 0.717) is 19.5 Å². The number of hydrogen-bond acceptors (Lipinski definition) is 2. The van der Waals surface area contributed by atoms with E-state index in [-0.39, 0.29) is 17.7 Å². The lowest BCUT2D eigenvalue weighted by atomic mass is 9.95. The number of amides is 2. The third-order valence-electron chi connectivity index (χ3n) is 4.21. The van der Waals surface area contributed by atoms with Gasteiger partial charge in [0.15, 0.2) is 0 Å². The zero-order chi connectivity index (χ0) is 15.2. The van der Waals surface area contributed by atoms with E-state index in [1.165, 1.54) is 11.1 Å². The van der Waals surface area contributed by atoms with Crippen LogP contribution in [0.3, 0.4) is 0 Å². The number of nitrogens with zero attached hydrogens (tertiary/aromatic N) is 1. The van der Waals surface area contributed by atoms with Gasteiger partial charge in [0.1, 0.15) is 0 Å². The zero-order valence-corrected chi connectivity index (χ0v) is 12.9. The Balaban J connectivity index is 1.77. The highest BCUT2D eigenvalue weighted by Gasteiger charge is 2.26. The van der Waals surface area contributed by atoms with Crippen LogP contribution in [0.2, 0.25) is 0 Å². The molecule has 1 saturated heterocycles. The molecule has 1 N–H and O–H groups in total. The molecule has 2 amide bonds. The maximum Gasteiger partial charge on any atom is 0.222 e. The summed E-state index contributed by atoms with van der Waals surface area (Å²) < 4.78 is 0. The lowest BCUT2D eigenvalue weighted by Crippen LogP contribution is -2.42. The van der Waals surface area contributed by atoms with Crippen molar-refractivity contribution in [3.8, 4) is 0 Å². The Kier molecular flexibility index (Phi) is 5.37. The highest BCUT2D eigenvalue weighted by atomic mass is 16.2. The fraction of sp³-hybridized carbons (Fsp3) is 0.529. The van der Waals surface area contributed by atoms with Gasteiger partial charge in [0, 0.05) is 32.5 Å². The van der Waals surface area contributed by atoms with Crippen LogP contribution >= 0.6 is 0 Å². The monoisotopic (exact) mass is 288 g/mol. The number of piperidine rings is 1. The third kappa shape index (κ3) is 4.31. The lowest BCUT2D eigenvalue weighted by Gasteiger charge is -2.31. The number of benzene rings is 1. The second-order valence-electron chi connectivity index (χ2n) is 5.75. The number of aryl methyl sites for hydroxylation is 2. The average molecular weight is 288 g/mol. The number of nitrogens with one attached hydrogen (secondary N) is 1. The molecule has 114 valence electrons. The molecule has 21 heavy (non-hydrogen) atoms. The molecule has 0 unspecified atom stereocenters. The van der Waals surface area contributed by atoms with Crippen molar-refractivity contribution in [1.82, 2.24) is 10.2 Å². The molecule has 1 aliphatic rings. The second kappa shape index (κ2) is 7.25. The van der Waals surface area contributed by atoms with Gasteiger partial charge in [-0.2, -0.15) is 0 Å². The van der Waals surface area contributed by atoms with Crippen LogP contribution in [0.15, 0.2) is 24.3 Å². The minimum atomic E-state index is 0.0659. The number of hydrogen-bond donors (Lipinski definition) is 1. The third-order valence-corrected chi connectivity index (χ3v) is 4.21. The number of likely N-dealkylation sites (tertiary alicyclic amines) is 1. The fourth-order valence-electron chi connectivity index (χ4n) is 2.76. The van der Waals surface area contributed by atoms with E-state index in [1.807, 2.05) is 4.90 Å². The van der Waals surface area contributed by atoms with Gasteiger partial charge in [-0.25, -0.2) is 0 Å². The summed E-state index contributed by atoms with van der Waals surface area (Å²) in [6, 6.07) is 8.32. The van der Waals surface area contributed by atoms with Gasteiger partial charge in [-0.1, -0.05) is 29.8 Å². The summed E-state index contributed by atoms with van der Waals surface area (Å²) in [5, 5.41) is 2.69. The van der Waals surface area contributed by atoms with E-state index in [4.69, 9.17) is 0 Å². The van der Waals surface area contributed by atoms with Crippen molar-refractivity contribution in [1.29, 1.82) is 0 Å². The average Bonchev–Trinajstić information content (AvgIpc) is 2.53. The van der Waals surface area contributed by atoms with Crippen LogP contribution in [-0.4, -0.2) is 36.9 Å². The Bertz CT molecular complexity index is 488. The predicted molar refractivity (Wildman–Crippen MR) is 82.9 cm³/mol. The topological polar surface area (TPSA) is 49.4 Å². The Labute approximate surface area is 126 Å². The van der Waals surface area contributed by atoms with Gasteiger partial charge in [0.25, 0.3) is 0 Å². The minimum Gasteiger partial charge on any atom is -0.359 e. The Morgan fingerprint density at radius 3 is 2.38 bits per heavy atom. The molecule has 0 bridgehead atoms. The Morgan fingerprint density at radius 1 is 1.19 bits per heavy atom. The maximum absolute atomic E-state index is 12.2. The van der Waals surface area contributed by atoms with Crippen LogP contribution in [0, 0.1) is 12.8 Å². The number of rotatable bonds is 4. The van der Waals surface area contributed by atoms with Crippen molar-refractivity contribution in [2.24, 2.45) is 5.92 Å². The van der Waals surface area contributed by atoms with Crippen molar-refractivity contribution in [2.45, 2.75) is 32.6 Å². The summed E-state index contributed by atoms with van der Waals surface area (Å²) in [5.41, 5.74) is 2.44. The Morgan fingerprint density at radius 2 is 1.81 bits per heavy atom. The van der Waals surface area contributed by atoms with Crippen molar-refractivity contribution >= 4 is 11.8 Å². The summed E-state index contributed by atoms with van der Waals surface area (Å²) in [4.78, 5) is 25.7. The molecule has 1 aromatic carbocycles. The standard InChI is InChI=1S/C17H24N2O2/c1-13-3-5-14(6-4-13)7-8-16(20)19-11-9-15(10-12-19)17(21)18-2/h3-6,15H,7-12H2,1-2H3,(H,18,21). The van der Waals surface area contributed by atoms with Crippen molar-refractivity contribution in [2.75, 3.05) is 20.1 Å². The van der Waals surface area contributed by atoms with E-state index < -0.39 is 0 Å². The maximum atomic E-state index is 12.2. The van der Waals surface area contributed by atoms with Crippen molar-refractivity contribution in [3.05, 3.63) is 35.4 Å². The highest BCUT2D eigenvalue weighted by Crippen LogP contribution is 2.18. The van der Waals surface area contributed by atoms with E-state index in [9.17, 15) is 9.59 Å².